The number of imide groups is 1. The largest absolute Gasteiger partial charge is 0.324 e. The van der Waals surface area contributed by atoms with Crippen molar-refractivity contribution in [2.45, 2.75) is 31.8 Å². The van der Waals surface area contributed by atoms with Crippen LogP contribution in [0, 0.1) is 25.7 Å². The van der Waals surface area contributed by atoms with Gasteiger partial charge in [-0.3, -0.25) is 19.7 Å². The minimum absolute atomic E-state index is 0.208. The van der Waals surface area contributed by atoms with E-state index in [4.69, 9.17) is 0 Å². The molecule has 0 saturated carbocycles. The molecule has 2 saturated heterocycles. The lowest BCUT2D eigenvalue weighted by Gasteiger charge is -2.30. The SMILES string of the molecule is CSCC[C@@H]1N[C@]2(C(=O)Nc3ccccc32)[C@@H]2C(=O)N(c3c(C)cccc3C)C(=O)[C@@H]12. The summed E-state index contributed by atoms with van der Waals surface area (Å²) in [6, 6.07) is 13.0. The Morgan fingerprint density at radius 1 is 1.00 bits per heavy atom. The van der Waals surface area contributed by atoms with Crippen molar-refractivity contribution < 1.29 is 14.4 Å². The Hall–Kier alpha value is -2.64. The number of rotatable bonds is 4. The number of hydrogen-bond acceptors (Lipinski definition) is 5. The van der Waals surface area contributed by atoms with Crippen LogP contribution in [0.4, 0.5) is 11.4 Å². The third-order valence-corrected chi connectivity index (χ3v) is 7.56. The number of anilines is 2. The van der Waals surface area contributed by atoms with Crippen molar-refractivity contribution in [2.75, 3.05) is 22.2 Å². The van der Waals surface area contributed by atoms with Gasteiger partial charge in [0, 0.05) is 17.3 Å². The molecule has 3 heterocycles. The maximum atomic E-state index is 13.9. The molecule has 2 aromatic carbocycles. The summed E-state index contributed by atoms with van der Waals surface area (Å²) >= 11 is 1.69. The number of thioether (sulfide) groups is 1. The minimum atomic E-state index is -1.22. The Labute approximate surface area is 185 Å². The van der Waals surface area contributed by atoms with E-state index < -0.39 is 17.4 Å². The fourth-order valence-corrected chi connectivity index (χ4v) is 6.12. The van der Waals surface area contributed by atoms with E-state index in [0.717, 1.165) is 22.4 Å². The standard InChI is InChI=1S/C24H25N3O3S/c1-13-7-6-8-14(2)20(13)27-21(28)18-17(11-12-31-3)26-24(19(18)22(27)29)15-9-4-5-10-16(15)25-23(24)30/h4-10,17-19,26H,11-12H2,1-3H3,(H,25,30)/t17-,18-,19-,24-/m0/s1. The van der Waals surface area contributed by atoms with Crippen molar-refractivity contribution in [3.05, 3.63) is 59.2 Å². The maximum Gasteiger partial charge on any atom is 0.250 e. The van der Waals surface area contributed by atoms with Crippen molar-refractivity contribution in [1.82, 2.24) is 5.32 Å². The lowest BCUT2D eigenvalue weighted by molar-refractivity contribution is -0.130. The summed E-state index contributed by atoms with van der Waals surface area (Å²) in [5.74, 6) is -1.26. The molecular weight excluding hydrogens is 410 g/mol. The summed E-state index contributed by atoms with van der Waals surface area (Å²) in [4.78, 5) is 42.4. The molecule has 5 rings (SSSR count). The molecule has 0 unspecified atom stereocenters. The van der Waals surface area contributed by atoms with Gasteiger partial charge >= 0.3 is 0 Å². The highest BCUT2D eigenvalue weighted by molar-refractivity contribution is 7.98. The molecule has 6 nitrogen and oxygen atoms in total. The Balaban J connectivity index is 1.68. The molecule has 160 valence electrons. The van der Waals surface area contributed by atoms with Crippen molar-refractivity contribution in [3.63, 3.8) is 0 Å². The molecule has 0 bridgehead atoms. The molecular formula is C24H25N3O3S. The lowest BCUT2D eigenvalue weighted by Crippen LogP contribution is -2.53. The van der Waals surface area contributed by atoms with Crippen molar-refractivity contribution in [3.8, 4) is 0 Å². The van der Waals surface area contributed by atoms with Gasteiger partial charge in [0.15, 0.2) is 0 Å². The zero-order valence-corrected chi connectivity index (χ0v) is 18.6. The van der Waals surface area contributed by atoms with Crippen LogP contribution >= 0.6 is 11.8 Å². The fourth-order valence-electron chi connectivity index (χ4n) is 5.63. The Bertz CT molecular complexity index is 1100. The number of para-hydroxylation sites is 2. The van der Waals surface area contributed by atoms with Crippen LogP contribution in [0.5, 0.6) is 0 Å². The maximum absolute atomic E-state index is 13.9. The van der Waals surface area contributed by atoms with Gasteiger partial charge in [-0.1, -0.05) is 36.4 Å². The summed E-state index contributed by atoms with van der Waals surface area (Å²) in [5.41, 5.74) is 2.64. The number of benzene rings is 2. The van der Waals surface area contributed by atoms with Gasteiger partial charge in [0.05, 0.1) is 17.5 Å². The molecule has 4 atom stereocenters. The van der Waals surface area contributed by atoms with Gasteiger partial charge in [-0.2, -0.15) is 11.8 Å². The minimum Gasteiger partial charge on any atom is -0.324 e. The zero-order valence-electron chi connectivity index (χ0n) is 17.8. The molecule has 2 N–H and O–H groups in total. The van der Waals surface area contributed by atoms with Crippen molar-refractivity contribution >= 4 is 40.9 Å². The first kappa shape index (κ1) is 20.3. The molecule has 31 heavy (non-hydrogen) atoms. The van der Waals surface area contributed by atoms with Gasteiger partial charge in [0.25, 0.3) is 0 Å². The van der Waals surface area contributed by atoms with Gasteiger partial charge < -0.3 is 5.32 Å². The second-order valence-electron chi connectivity index (χ2n) is 8.60. The van der Waals surface area contributed by atoms with E-state index in [9.17, 15) is 14.4 Å². The van der Waals surface area contributed by atoms with Crippen LogP contribution in [0.2, 0.25) is 0 Å². The zero-order chi connectivity index (χ0) is 21.9. The molecule has 2 aromatic rings. The topological polar surface area (TPSA) is 78.5 Å². The third-order valence-electron chi connectivity index (χ3n) is 6.92. The Morgan fingerprint density at radius 2 is 1.71 bits per heavy atom. The molecule has 1 spiro atoms. The molecule has 0 aliphatic carbocycles. The first-order valence-electron chi connectivity index (χ1n) is 10.5. The number of nitrogens with one attached hydrogen (secondary N) is 2. The van der Waals surface area contributed by atoms with Crippen LogP contribution in [0.3, 0.4) is 0 Å². The number of fused-ring (bicyclic) bond motifs is 4. The monoisotopic (exact) mass is 435 g/mol. The van der Waals surface area contributed by atoms with Gasteiger partial charge in [-0.05, 0) is 49.5 Å². The number of carbonyl (C=O) groups excluding carboxylic acids is 3. The molecule has 2 fully saturated rings. The predicted octanol–water partition coefficient (Wildman–Crippen LogP) is 2.98. The van der Waals surface area contributed by atoms with Gasteiger partial charge in [-0.25, -0.2) is 4.90 Å². The fraction of sp³-hybridized carbons (Fsp3) is 0.375. The predicted molar refractivity (Wildman–Crippen MR) is 122 cm³/mol. The first-order chi connectivity index (χ1) is 14.9. The van der Waals surface area contributed by atoms with Crippen molar-refractivity contribution in [1.29, 1.82) is 0 Å². The molecule has 0 aromatic heterocycles. The number of amides is 3. The van der Waals surface area contributed by atoms with E-state index in [2.05, 4.69) is 10.6 Å². The summed E-state index contributed by atoms with van der Waals surface area (Å²) in [7, 11) is 0. The second-order valence-corrected chi connectivity index (χ2v) is 9.58. The number of carbonyl (C=O) groups is 3. The van der Waals surface area contributed by atoms with Crippen molar-refractivity contribution in [2.24, 2.45) is 11.8 Å². The number of hydrogen-bond donors (Lipinski definition) is 2. The van der Waals surface area contributed by atoms with E-state index in [1.807, 2.05) is 62.6 Å². The number of nitrogens with zero attached hydrogens (tertiary/aromatic N) is 1. The highest BCUT2D eigenvalue weighted by Crippen LogP contribution is 2.54. The van der Waals surface area contributed by atoms with Gasteiger partial charge in [0.2, 0.25) is 17.7 Å². The average Bonchev–Trinajstić information content (AvgIpc) is 3.32. The highest BCUT2D eigenvalue weighted by Gasteiger charge is 2.70. The van der Waals surface area contributed by atoms with Crippen LogP contribution in [0.1, 0.15) is 23.1 Å². The van der Waals surface area contributed by atoms with E-state index in [1.54, 1.807) is 11.8 Å². The van der Waals surface area contributed by atoms with Gasteiger partial charge in [0.1, 0.15) is 5.54 Å². The average molecular weight is 436 g/mol. The molecule has 7 heteroatoms. The quantitative estimate of drug-likeness (QED) is 0.722. The molecule has 3 aliphatic heterocycles. The van der Waals surface area contributed by atoms with Crippen LogP contribution in [0.15, 0.2) is 42.5 Å². The summed E-state index contributed by atoms with van der Waals surface area (Å²) in [5, 5.41) is 6.42. The summed E-state index contributed by atoms with van der Waals surface area (Å²) < 4.78 is 0. The third kappa shape index (κ3) is 2.66. The van der Waals surface area contributed by atoms with E-state index in [1.165, 1.54) is 4.90 Å². The Morgan fingerprint density at radius 3 is 2.42 bits per heavy atom. The molecule has 3 aliphatic rings. The lowest BCUT2D eigenvalue weighted by atomic mass is 9.76. The summed E-state index contributed by atoms with van der Waals surface area (Å²) in [6.45, 7) is 3.82. The van der Waals surface area contributed by atoms with E-state index in [-0.39, 0.29) is 23.8 Å². The number of aryl methyl sites for hydroxylation is 2. The van der Waals surface area contributed by atoms with E-state index in [0.29, 0.717) is 17.8 Å². The van der Waals surface area contributed by atoms with Crippen LogP contribution < -0.4 is 15.5 Å². The molecule has 0 radical (unpaired) electrons. The normalized spacial score (nSPS) is 28.9. The van der Waals surface area contributed by atoms with E-state index >= 15 is 0 Å². The van der Waals surface area contributed by atoms with Crippen LogP contribution in [-0.2, 0) is 19.9 Å². The molecule has 3 amide bonds. The first-order valence-corrected chi connectivity index (χ1v) is 11.9. The summed E-state index contributed by atoms with van der Waals surface area (Å²) in [6.07, 6.45) is 2.73. The second kappa shape index (κ2) is 7.21. The van der Waals surface area contributed by atoms with Crippen LogP contribution in [0.25, 0.3) is 0 Å². The van der Waals surface area contributed by atoms with Gasteiger partial charge in [-0.15, -0.1) is 0 Å². The smallest absolute Gasteiger partial charge is 0.250 e. The highest BCUT2D eigenvalue weighted by atomic mass is 32.2. The van der Waals surface area contributed by atoms with Crippen LogP contribution in [-0.4, -0.2) is 35.8 Å². The Kier molecular flexibility index (Phi) is 4.71.